The zero-order valence-electron chi connectivity index (χ0n) is 11.0. The minimum absolute atomic E-state index is 0.565. The van der Waals surface area contributed by atoms with Crippen LogP contribution in [0.2, 0.25) is 0 Å². The second-order valence-corrected chi connectivity index (χ2v) is 5.02. The highest BCUT2D eigenvalue weighted by Crippen LogP contribution is 2.23. The Bertz CT molecular complexity index is 366. The number of anilines is 1. The second-order valence-electron chi connectivity index (χ2n) is 5.02. The van der Waals surface area contributed by atoms with Crippen molar-refractivity contribution in [2.75, 3.05) is 25.0 Å². The van der Waals surface area contributed by atoms with E-state index in [0.29, 0.717) is 12.0 Å². The van der Waals surface area contributed by atoms with Crippen LogP contribution in [-0.4, -0.2) is 36.4 Å². The molecule has 0 aromatic carbocycles. The normalized spacial score (nSPS) is 22.5. The molecule has 2 atom stereocenters. The van der Waals surface area contributed by atoms with Gasteiger partial charge in [0.15, 0.2) is 5.82 Å². The SMILES string of the molecule is CNC(C)C1CCCN(c2cc(C)cnn2)C1. The first kappa shape index (κ1) is 12.3. The Hall–Kier alpha value is -1.16. The lowest BCUT2D eigenvalue weighted by Gasteiger charge is -2.36. The first-order chi connectivity index (χ1) is 8.20. The average molecular weight is 234 g/mol. The molecule has 1 aromatic rings. The Morgan fingerprint density at radius 2 is 2.35 bits per heavy atom. The zero-order valence-corrected chi connectivity index (χ0v) is 11.0. The monoisotopic (exact) mass is 234 g/mol. The van der Waals surface area contributed by atoms with Crippen molar-refractivity contribution in [1.29, 1.82) is 0 Å². The molecule has 1 aliphatic heterocycles. The van der Waals surface area contributed by atoms with Gasteiger partial charge in [-0.25, -0.2) is 0 Å². The van der Waals surface area contributed by atoms with Crippen LogP contribution >= 0.6 is 0 Å². The molecular formula is C13H22N4. The molecule has 2 heterocycles. The Labute approximate surface area is 103 Å². The van der Waals surface area contributed by atoms with Gasteiger partial charge in [0, 0.05) is 19.1 Å². The van der Waals surface area contributed by atoms with Crippen LogP contribution in [0.15, 0.2) is 12.3 Å². The molecule has 1 aromatic heterocycles. The minimum atomic E-state index is 0.565. The van der Waals surface area contributed by atoms with E-state index in [1.54, 1.807) is 6.20 Å². The van der Waals surface area contributed by atoms with Crippen LogP contribution in [0.25, 0.3) is 0 Å². The van der Waals surface area contributed by atoms with Crippen molar-refractivity contribution in [2.24, 2.45) is 5.92 Å². The minimum Gasteiger partial charge on any atom is -0.355 e. The Balaban J connectivity index is 2.07. The van der Waals surface area contributed by atoms with Crippen molar-refractivity contribution < 1.29 is 0 Å². The third-order valence-corrected chi connectivity index (χ3v) is 3.72. The molecule has 0 aliphatic carbocycles. The molecule has 1 N–H and O–H groups in total. The number of aryl methyl sites for hydroxylation is 1. The van der Waals surface area contributed by atoms with E-state index in [-0.39, 0.29) is 0 Å². The van der Waals surface area contributed by atoms with E-state index in [1.165, 1.54) is 18.4 Å². The van der Waals surface area contributed by atoms with E-state index in [1.807, 2.05) is 7.05 Å². The van der Waals surface area contributed by atoms with Gasteiger partial charge in [-0.1, -0.05) is 0 Å². The van der Waals surface area contributed by atoms with Crippen molar-refractivity contribution in [3.05, 3.63) is 17.8 Å². The second kappa shape index (κ2) is 5.45. The zero-order chi connectivity index (χ0) is 12.3. The first-order valence-electron chi connectivity index (χ1n) is 6.42. The highest BCUT2D eigenvalue weighted by molar-refractivity contribution is 5.39. The highest BCUT2D eigenvalue weighted by atomic mass is 15.3. The summed E-state index contributed by atoms with van der Waals surface area (Å²) in [5.41, 5.74) is 1.18. The van der Waals surface area contributed by atoms with Gasteiger partial charge in [0.1, 0.15) is 0 Å². The number of nitrogens with one attached hydrogen (secondary N) is 1. The Morgan fingerprint density at radius 3 is 3.06 bits per heavy atom. The molecule has 17 heavy (non-hydrogen) atoms. The molecule has 0 amide bonds. The maximum absolute atomic E-state index is 4.24. The number of hydrogen-bond acceptors (Lipinski definition) is 4. The predicted molar refractivity (Wildman–Crippen MR) is 70.2 cm³/mol. The van der Waals surface area contributed by atoms with Crippen molar-refractivity contribution in [1.82, 2.24) is 15.5 Å². The molecule has 0 bridgehead atoms. The van der Waals surface area contributed by atoms with Crippen molar-refractivity contribution in [2.45, 2.75) is 32.7 Å². The van der Waals surface area contributed by atoms with Crippen LogP contribution in [0, 0.1) is 12.8 Å². The topological polar surface area (TPSA) is 41.0 Å². The fraction of sp³-hybridized carbons (Fsp3) is 0.692. The summed E-state index contributed by atoms with van der Waals surface area (Å²) in [7, 11) is 2.04. The summed E-state index contributed by atoms with van der Waals surface area (Å²) in [4.78, 5) is 2.36. The largest absolute Gasteiger partial charge is 0.355 e. The Morgan fingerprint density at radius 1 is 1.53 bits per heavy atom. The van der Waals surface area contributed by atoms with Gasteiger partial charge in [-0.2, -0.15) is 5.10 Å². The quantitative estimate of drug-likeness (QED) is 0.862. The van der Waals surface area contributed by atoms with Crippen molar-refractivity contribution in [3.63, 3.8) is 0 Å². The molecule has 1 saturated heterocycles. The van der Waals surface area contributed by atoms with Gasteiger partial charge in [-0.15, -0.1) is 5.10 Å². The number of piperidine rings is 1. The fourth-order valence-corrected chi connectivity index (χ4v) is 2.47. The van der Waals surface area contributed by atoms with Gasteiger partial charge >= 0.3 is 0 Å². The molecule has 0 radical (unpaired) electrons. The molecule has 1 aliphatic rings. The Kier molecular flexibility index (Phi) is 3.94. The molecule has 4 heteroatoms. The van der Waals surface area contributed by atoms with Gasteiger partial charge in [-0.3, -0.25) is 0 Å². The summed E-state index contributed by atoms with van der Waals surface area (Å²) in [6.45, 7) is 6.51. The standard InChI is InChI=1S/C13H22N4/c1-10-7-13(16-15-8-10)17-6-4-5-12(9-17)11(2)14-3/h7-8,11-12,14H,4-6,9H2,1-3H3. The molecule has 94 valence electrons. The van der Waals surface area contributed by atoms with Gasteiger partial charge in [0.05, 0.1) is 6.20 Å². The summed E-state index contributed by atoms with van der Waals surface area (Å²) < 4.78 is 0. The smallest absolute Gasteiger partial charge is 0.151 e. The highest BCUT2D eigenvalue weighted by Gasteiger charge is 2.24. The van der Waals surface area contributed by atoms with Gasteiger partial charge < -0.3 is 10.2 Å². The molecule has 2 unspecified atom stereocenters. The average Bonchev–Trinajstić information content (AvgIpc) is 2.38. The van der Waals surface area contributed by atoms with Crippen LogP contribution in [0.3, 0.4) is 0 Å². The third-order valence-electron chi connectivity index (χ3n) is 3.72. The van der Waals surface area contributed by atoms with Crippen LogP contribution in [0.4, 0.5) is 5.82 Å². The summed E-state index contributed by atoms with van der Waals surface area (Å²) in [5.74, 6) is 1.73. The molecular weight excluding hydrogens is 212 g/mol. The van der Waals surface area contributed by atoms with Crippen molar-refractivity contribution >= 4 is 5.82 Å². The van der Waals surface area contributed by atoms with Crippen LogP contribution < -0.4 is 10.2 Å². The third kappa shape index (κ3) is 2.94. The van der Waals surface area contributed by atoms with Gasteiger partial charge in [0.2, 0.25) is 0 Å². The lowest BCUT2D eigenvalue weighted by atomic mass is 9.91. The number of rotatable bonds is 3. The fourth-order valence-electron chi connectivity index (χ4n) is 2.47. The maximum atomic E-state index is 4.24. The van der Waals surface area contributed by atoms with Crippen LogP contribution in [0.1, 0.15) is 25.3 Å². The molecule has 2 rings (SSSR count). The molecule has 0 saturated carbocycles. The summed E-state index contributed by atoms with van der Waals surface area (Å²) in [5, 5.41) is 11.6. The van der Waals surface area contributed by atoms with E-state index in [4.69, 9.17) is 0 Å². The maximum Gasteiger partial charge on any atom is 0.151 e. The summed E-state index contributed by atoms with van der Waals surface area (Å²) in [6, 6.07) is 2.69. The lowest BCUT2D eigenvalue weighted by Crippen LogP contribution is -2.43. The van der Waals surface area contributed by atoms with Crippen molar-refractivity contribution in [3.8, 4) is 0 Å². The van der Waals surface area contributed by atoms with E-state index in [2.05, 4.69) is 40.3 Å². The first-order valence-corrected chi connectivity index (χ1v) is 6.42. The van der Waals surface area contributed by atoms with Crippen LogP contribution in [-0.2, 0) is 0 Å². The summed E-state index contributed by atoms with van der Waals surface area (Å²) in [6.07, 6.45) is 4.35. The van der Waals surface area contributed by atoms with E-state index in [9.17, 15) is 0 Å². The van der Waals surface area contributed by atoms with Gasteiger partial charge in [-0.05, 0) is 51.3 Å². The van der Waals surface area contributed by atoms with E-state index in [0.717, 1.165) is 18.9 Å². The number of aromatic nitrogens is 2. The van der Waals surface area contributed by atoms with Crippen LogP contribution in [0.5, 0.6) is 0 Å². The predicted octanol–water partition coefficient (Wildman–Crippen LogP) is 1.61. The molecule has 4 nitrogen and oxygen atoms in total. The van der Waals surface area contributed by atoms with E-state index >= 15 is 0 Å². The summed E-state index contributed by atoms with van der Waals surface area (Å²) >= 11 is 0. The molecule has 1 fully saturated rings. The molecule has 0 spiro atoms. The number of hydrogen-bond donors (Lipinski definition) is 1. The number of nitrogens with zero attached hydrogens (tertiary/aromatic N) is 3. The van der Waals surface area contributed by atoms with E-state index < -0.39 is 0 Å². The lowest BCUT2D eigenvalue weighted by molar-refractivity contribution is 0.332. The van der Waals surface area contributed by atoms with Gasteiger partial charge in [0.25, 0.3) is 0 Å².